The van der Waals surface area contributed by atoms with E-state index in [9.17, 15) is 0 Å². The molecular formula is C5H14N2. The summed E-state index contributed by atoms with van der Waals surface area (Å²) in [6.07, 6.45) is 0. The Kier molecular flexibility index (Phi) is 2.96. The summed E-state index contributed by atoms with van der Waals surface area (Å²) >= 11 is 0. The summed E-state index contributed by atoms with van der Waals surface area (Å²) < 4.78 is 0. The molecule has 0 radical (unpaired) electrons. The van der Waals surface area contributed by atoms with Crippen LogP contribution in [0.2, 0.25) is 0 Å². The predicted molar refractivity (Wildman–Crippen MR) is 31.3 cm³/mol. The van der Waals surface area contributed by atoms with Gasteiger partial charge < -0.3 is 10.4 Å². The summed E-state index contributed by atoms with van der Waals surface area (Å²) in [7, 11) is 3.88. The molecule has 7 heavy (non-hydrogen) atoms. The van der Waals surface area contributed by atoms with Gasteiger partial charge in [0.15, 0.2) is 0 Å². The largest absolute Gasteiger partial charge is 0.458 e. The fourth-order valence-electron chi connectivity index (χ4n) is 0.258. The van der Waals surface area contributed by atoms with E-state index < -0.39 is 0 Å². The lowest BCUT2D eigenvalue weighted by atomic mass is 10.4. The first-order valence-electron chi connectivity index (χ1n) is 2.61. The van der Waals surface area contributed by atoms with Gasteiger partial charge in [-0.25, -0.2) is 0 Å². The Labute approximate surface area is 45.5 Å². The maximum atomic E-state index is 4.00. The molecule has 0 aliphatic heterocycles. The van der Waals surface area contributed by atoms with Gasteiger partial charge in [0.05, 0.1) is 13.1 Å². The highest BCUT2D eigenvalue weighted by Gasteiger charge is 1.92. The normalized spacial score (nSPS) is 15.0. The Morgan fingerprint density at radius 2 is 1.86 bits per heavy atom. The minimum absolute atomic E-state index is 0.616. The monoisotopic (exact) mass is 102 g/mol. The molecule has 1 atom stereocenters. The van der Waals surface area contributed by atoms with E-state index >= 15 is 0 Å². The van der Waals surface area contributed by atoms with Gasteiger partial charge in [0, 0.05) is 0 Å². The maximum absolute atomic E-state index is 4.00. The van der Waals surface area contributed by atoms with Gasteiger partial charge in [-0.1, -0.05) is 0 Å². The molecule has 0 aromatic rings. The van der Waals surface area contributed by atoms with Gasteiger partial charge in [0.25, 0.3) is 0 Å². The highest BCUT2D eigenvalue weighted by molar-refractivity contribution is 4.41. The van der Waals surface area contributed by atoms with Crippen LogP contribution in [0.5, 0.6) is 0 Å². The van der Waals surface area contributed by atoms with E-state index in [1.54, 1.807) is 0 Å². The fraction of sp³-hybridized carbons (Fsp3) is 1.00. The van der Waals surface area contributed by atoms with Crippen molar-refractivity contribution in [3.05, 3.63) is 5.43 Å². The van der Waals surface area contributed by atoms with Crippen LogP contribution in [0, 0.1) is 0 Å². The lowest BCUT2D eigenvalue weighted by Gasteiger charge is -2.27. The number of hydrogen-bond donors (Lipinski definition) is 1. The third-order valence-corrected chi connectivity index (χ3v) is 1.19. The molecule has 0 aromatic heterocycles. The zero-order valence-electron chi connectivity index (χ0n) is 5.52. The minimum Gasteiger partial charge on any atom is -0.458 e. The van der Waals surface area contributed by atoms with E-state index in [0.29, 0.717) is 6.04 Å². The number of rotatable bonds is 2. The summed E-state index contributed by atoms with van der Waals surface area (Å²) in [5, 5.41) is 1.22. The van der Waals surface area contributed by atoms with Crippen molar-refractivity contribution >= 4 is 0 Å². The Hall–Kier alpha value is -0.0800. The van der Waals surface area contributed by atoms with Crippen molar-refractivity contribution in [3.63, 3.8) is 0 Å². The zero-order chi connectivity index (χ0) is 5.86. The molecule has 0 aliphatic carbocycles. The first-order valence-corrected chi connectivity index (χ1v) is 2.61. The molecule has 44 valence electrons. The number of nitrogens with one attached hydrogen (secondary N) is 1. The molecule has 2 nitrogen and oxygen atoms in total. The van der Waals surface area contributed by atoms with Gasteiger partial charge in [-0.2, -0.15) is 0 Å². The van der Waals surface area contributed by atoms with E-state index in [0.717, 1.165) is 0 Å². The van der Waals surface area contributed by atoms with Crippen LogP contribution < -0.4 is 5.01 Å². The van der Waals surface area contributed by atoms with Crippen molar-refractivity contribution in [3.8, 4) is 0 Å². The summed E-state index contributed by atoms with van der Waals surface area (Å²) in [5.74, 6) is 0. The molecule has 0 spiro atoms. The molecule has 0 bridgehead atoms. The maximum Gasteiger partial charge on any atom is 0.0728 e. The van der Waals surface area contributed by atoms with E-state index in [-0.39, 0.29) is 0 Å². The third kappa shape index (κ3) is 2.60. The van der Waals surface area contributed by atoms with Crippen LogP contribution in [0.25, 0.3) is 5.43 Å². The van der Waals surface area contributed by atoms with Crippen molar-refractivity contribution in [1.82, 2.24) is 0 Å². The minimum atomic E-state index is 0.616. The van der Waals surface area contributed by atoms with Crippen molar-refractivity contribution in [2.45, 2.75) is 19.9 Å². The van der Waals surface area contributed by atoms with Crippen molar-refractivity contribution in [2.75, 3.05) is 14.1 Å². The SMILES string of the molecule is C[N-][NH+](C)C(C)C. The van der Waals surface area contributed by atoms with Gasteiger partial charge in [-0.3, -0.25) is 0 Å². The van der Waals surface area contributed by atoms with Gasteiger partial charge >= 0.3 is 0 Å². The molecule has 0 aromatic carbocycles. The topological polar surface area (TPSA) is 18.5 Å². The highest BCUT2D eigenvalue weighted by Crippen LogP contribution is 1.66. The summed E-state index contributed by atoms with van der Waals surface area (Å²) in [6.45, 7) is 4.28. The van der Waals surface area contributed by atoms with Crippen molar-refractivity contribution in [1.29, 1.82) is 0 Å². The second kappa shape index (κ2) is 2.99. The molecule has 0 fully saturated rings. The molecule has 2 heteroatoms. The third-order valence-electron chi connectivity index (χ3n) is 1.19. The van der Waals surface area contributed by atoms with Crippen LogP contribution in [0.4, 0.5) is 0 Å². The number of nitrogens with zero attached hydrogens (tertiary/aromatic N) is 1. The van der Waals surface area contributed by atoms with Crippen LogP contribution in [-0.2, 0) is 0 Å². The first-order chi connectivity index (χ1) is 3.18. The smallest absolute Gasteiger partial charge is 0.0728 e. The standard InChI is InChI=1S/C5H14N2/c1-5(2)7(4)6-3/h5,7H,1-4H3. The number of hydrogen-bond acceptors (Lipinski definition) is 0. The molecule has 0 saturated carbocycles. The van der Waals surface area contributed by atoms with Crippen LogP contribution in [0.1, 0.15) is 13.8 Å². The fourth-order valence-corrected chi connectivity index (χ4v) is 0.258. The van der Waals surface area contributed by atoms with Crippen molar-refractivity contribution < 1.29 is 5.01 Å². The summed E-state index contributed by atoms with van der Waals surface area (Å²) in [4.78, 5) is 0. The highest BCUT2D eigenvalue weighted by atomic mass is 15.5. The Morgan fingerprint density at radius 1 is 1.43 bits per heavy atom. The van der Waals surface area contributed by atoms with E-state index in [1.807, 2.05) is 14.1 Å². The predicted octanol–water partition coefficient (Wildman–Crippen LogP) is -0.172. The van der Waals surface area contributed by atoms with E-state index in [2.05, 4.69) is 19.3 Å². The summed E-state index contributed by atoms with van der Waals surface area (Å²) in [5.41, 5.74) is 4.00. The molecule has 1 N–H and O–H groups in total. The number of quaternary nitrogens is 1. The molecule has 0 amide bonds. The molecule has 1 unspecified atom stereocenters. The van der Waals surface area contributed by atoms with E-state index in [4.69, 9.17) is 0 Å². The van der Waals surface area contributed by atoms with Gasteiger partial charge in [0.1, 0.15) is 0 Å². The molecule has 0 rings (SSSR count). The van der Waals surface area contributed by atoms with Crippen LogP contribution >= 0.6 is 0 Å². The zero-order valence-corrected chi connectivity index (χ0v) is 5.52. The second-order valence-corrected chi connectivity index (χ2v) is 2.02. The Morgan fingerprint density at radius 3 is 1.86 bits per heavy atom. The van der Waals surface area contributed by atoms with Crippen molar-refractivity contribution in [2.24, 2.45) is 0 Å². The molecule has 0 aliphatic rings. The van der Waals surface area contributed by atoms with Gasteiger partial charge in [-0.15, -0.1) is 7.05 Å². The average Bonchev–Trinajstić information content (AvgIpc) is 1.65. The quantitative estimate of drug-likeness (QED) is 0.467. The lowest BCUT2D eigenvalue weighted by Crippen LogP contribution is -3.07. The Bertz CT molecular complexity index is 43.3. The van der Waals surface area contributed by atoms with Gasteiger partial charge in [-0.05, 0) is 13.8 Å². The first kappa shape index (κ1) is 6.92. The second-order valence-electron chi connectivity index (χ2n) is 2.02. The average molecular weight is 102 g/mol. The molecule has 0 saturated heterocycles. The molecular weight excluding hydrogens is 88.1 g/mol. The van der Waals surface area contributed by atoms with Crippen LogP contribution in [0.3, 0.4) is 0 Å². The van der Waals surface area contributed by atoms with Crippen LogP contribution in [0.15, 0.2) is 0 Å². The van der Waals surface area contributed by atoms with E-state index in [1.165, 1.54) is 5.01 Å². The van der Waals surface area contributed by atoms with Gasteiger partial charge in [0.2, 0.25) is 0 Å². The summed E-state index contributed by atoms with van der Waals surface area (Å²) in [6, 6.07) is 0.616. The van der Waals surface area contributed by atoms with Crippen LogP contribution in [-0.4, -0.2) is 20.1 Å². The lowest BCUT2D eigenvalue weighted by molar-refractivity contribution is -0.863. The molecule has 0 heterocycles. The Balaban J connectivity index is 3.14.